The molecule has 1 rings (SSSR count). The normalized spacial score (nSPS) is 34.9. The summed E-state index contributed by atoms with van der Waals surface area (Å²) >= 11 is 0. The summed E-state index contributed by atoms with van der Waals surface area (Å²) in [5.74, 6) is 0. The zero-order valence-corrected chi connectivity index (χ0v) is 9.46. The molecule has 0 bridgehead atoms. The zero-order valence-electron chi connectivity index (χ0n) is 7.52. The third-order valence-electron chi connectivity index (χ3n) is 2.35. The summed E-state index contributed by atoms with van der Waals surface area (Å²) in [7, 11) is 4.29. The van der Waals surface area contributed by atoms with Crippen LogP contribution < -0.4 is 0 Å². The summed E-state index contributed by atoms with van der Waals surface area (Å²) in [4.78, 5) is 4.64. The van der Waals surface area contributed by atoms with Gasteiger partial charge in [-0.3, -0.25) is 0 Å². The molecule has 71 valence electrons. The van der Waals surface area contributed by atoms with Crippen LogP contribution in [0.3, 0.4) is 0 Å². The Kier molecular flexibility index (Phi) is 4.90. The van der Waals surface area contributed by atoms with Crippen LogP contribution in [-0.2, 0) is 0 Å². The molecule has 1 fully saturated rings. The average Bonchev–Trinajstić information content (AvgIpc) is 1.78. The van der Waals surface area contributed by atoms with Crippen molar-refractivity contribution in [3.05, 3.63) is 6.92 Å². The minimum absolute atomic E-state index is 0. The molecular formula is C8H17HoN2-. The molecule has 1 aliphatic rings. The summed E-state index contributed by atoms with van der Waals surface area (Å²) in [5, 5.41) is 0. The number of likely N-dealkylation sites (N-methyl/N-ethyl adjacent to an activating group) is 2. The monoisotopic (exact) mass is 306 g/mol. The Morgan fingerprint density at radius 1 is 1.27 bits per heavy atom. The molecule has 0 saturated carbocycles. The molecular weight excluding hydrogens is 289 g/mol. The molecule has 0 aromatic carbocycles. The van der Waals surface area contributed by atoms with Gasteiger partial charge < -0.3 is 16.7 Å². The van der Waals surface area contributed by atoms with Gasteiger partial charge in [0, 0.05) is 50.8 Å². The van der Waals surface area contributed by atoms with Gasteiger partial charge in [-0.25, -0.2) is 0 Å². The van der Waals surface area contributed by atoms with Crippen molar-refractivity contribution in [2.24, 2.45) is 0 Å². The van der Waals surface area contributed by atoms with Gasteiger partial charge in [-0.1, -0.05) is 12.5 Å². The standard InChI is InChI=1S/C8H17N2.Ho/c1-8(2)7-9(3)5-6-10(8)4;/h1,5-7H2,2-4H3;/q-1;. The molecule has 0 aliphatic carbocycles. The minimum atomic E-state index is 0. The van der Waals surface area contributed by atoms with E-state index in [0.717, 1.165) is 13.1 Å². The molecule has 1 atom stereocenters. The maximum absolute atomic E-state index is 4.15. The van der Waals surface area contributed by atoms with Crippen LogP contribution in [0.4, 0.5) is 0 Å². The van der Waals surface area contributed by atoms with E-state index in [1.807, 2.05) is 0 Å². The van der Waals surface area contributed by atoms with Crippen molar-refractivity contribution in [1.29, 1.82) is 0 Å². The van der Waals surface area contributed by atoms with Crippen LogP contribution in [0.2, 0.25) is 0 Å². The second-order valence-corrected chi connectivity index (χ2v) is 3.66. The van der Waals surface area contributed by atoms with E-state index >= 15 is 0 Å². The van der Waals surface area contributed by atoms with Crippen LogP contribution in [0.15, 0.2) is 0 Å². The van der Waals surface area contributed by atoms with Gasteiger partial charge in [0.15, 0.2) is 0 Å². The van der Waals surface area contributed by atoms with Crippen LogP contribution in [0, 0.1) is 44.7 Å². The van der Waals surface area contributed by atoms with Crippen molar-refractivity contribution in [3.8, 4) is 0 Å². The van der Waals surface area contributed by atoms with Gasteiger partial charge >= 0.3 is 0 Å². The van der Waals surface area contributed by atoms with Gasteiger partial charge in [-0.15, -0.1) is 0 Å². The topological polar surface area (TPSA) is 6.48 Å². The maximum atomic E-state index is 4.15. The second kappa shape index (κ2) is 4.43. The van der Waals surface area contributed by atoms with E-state index in [1.165, 1.54) is 6.54 Å². The third-order valence-corrected chi connectivity index (χ3v) is 2.35. The molecule has 0 amide bonds. The number of nitrogens with zero attached hydrogens (tertiary/aromatic N) is 2. The molecule has 1 heterocycles. The molecule has 1 unspecified atom stereocenters. The van der Waals surface area contributed by atoms with Gasteiger partial charge in [0.2, 0.25) is 0 Å². The predicted molar refractivity (Wildman–Crippen MR) is 43.9 cm³/mol. The second-order valence-electron chi connectivity index (χ2n) is 3.66. The molecule has 1 aliphatic heterocycles. The summed E-state index contributed by atoms with van der Waals surface area (Å²) in [6, 6.07) is 0. The van der Waals surface area contributed by atoms with Crippen LogP contribution in [0.5, 0.6) is 0 Å². The van der Waals surface area contributed by atoms with Gasteiger partial charge in [-0.05, 0) is 20.6 Å². The molecule has 3 heteroatoms. The largest absolute Gasteiger partial charge is 0.328 e. The first-order valence-corrected chi connectivity index (χ1v) is 3.77. The molecule has 11 heavy (non-hydrogen) atoms. The Labute approximate surface area is 99.9 Å². The Bertz CT molecular complexity index is 125. The first kappa shape index (κ1) is 12.2. The Morgan fingerprint density at radius 2 is 1.82 bits per heavy atom. The van der Waals surface area contributed by atoms with Crippen molar-refractivity contribution in [2.75, 3.05) is 33.7 Å². The summed E-state index contributed by atoms with van der Waals surface area (Å²) in [6.45, 7) is 9.70. The number of rotatable bonds is 0. The van der Waals surface area contributed by atoms with E-state index in [1.54, 1.807) is 0 Å². The van der Waals surface area contributed by atoms with Gasteiger partial charge in [0.1, 0.15) is 0 Å². The van der Waals surface area contributed by atoms with E-state index in [0.29, 0.717) is 0 Å². The van der Waals surface area contributed by atoms with Crippen LogP contribution >= 0.6 is 0 Å². The summed E-state index contributed by atoms with van der Waals surface area (Å²) < 4.78 is 0. The fourth-order valence-electron chi connectivity index (χ4n) is 1.37. The number of piperazine rings is 1. The van der Waals surface area contributed by atoms with Crippen LogP contribution in [0.1, 0.15) is 6.92 Å². The van der Waals surface area contributed by atoms with E-state index in [2.05, 4.69) is 37.7 Å². The third kappa shape index (κ3) is 3.19. The van der Waals surface area contributed by atoms with E-state index < -0.39 is 0 Å². The van der Waals surface area contributed by atoms with E-state index in [4.69, 9.17) is 0 Å². The first-order valence-electron chi connectivity index (χ1n) is 3.77. The fourth-order valence-corrected chi connectivity index (χ4v) is 1.37. The minimum Gasteiger partial charge on any atom is -0.328 e. The molecule has 0 N–H and O–H groups in total. The average molecular weight is 306 g/mol. The molecule has 1 radical (unpaired) electrons. The van der Waals surface area contributed by atoms with Crippen LogP contribution in [0.25, 0.3) is 0 Å². The Balaban J connectivity index is 0.000001000. The van der Waals surface area contributed by atoms with E-state index in [9.17, 15) is 0 Å². The van der Waals surface area contributed by atoms with Crippen molar-refractivity contribution in [1.82, 2.24) is 9.80 Å². The van der Waals surface area contributed by atoms with Gasteiger partial charge in [0.25, 0.3) is 0 Å². The number of hydrogen-bond acceptors (Lipinski definition) is 2. The molecule has 0 spiro atoms. The SMILES string of the molecule is [CH2-]C1(C)CN(C)CCN1C.[Ho]. The zero-order chi connectivity index (χ0) is 7.78. The van der Waals surface area contributed by atoms with Crippen molar-refractivity contribution in [2.45, 2.75) is 12.5 Å². The van der Waals surface area contributed by atoms with Gasteiger partial charge in [0.05, 0.1) is 0 Å². The predicted octanol–water partition coefficient (Wildman–Crippen LogP) is 0.456. The fraction of sp³-hybridized carbons (Fsp3) is 0.875. The molecule has 0 aromatic heterocycles. The maximum Gasteiger partial charge on any atom is 0.0105 e. The summed E-state index contributed by atoms with van der Waals surface area (Å²) in [5.41, 5.74) is 0.118. The van der Waals surface area contributed by atoms with Crippen molar-refractivity contribution >= 4 is 0 Å². The Morgan fingerprint density at radius 3 is 2.18 bits per heavy atom. The first-order chi connectivity index (χ1) is 4.52. The van der Waals surface area contributed by atoms with Crippen molar-refractivity contribution in [3.63, 3.8) is 0 Å². The summed E-state index contributed by atoms with van der Waals surface area (Å²) in [6.07, 6.45) is 0. The molecule has 0 aromatic rings. The van der Waals surface area contributed by atoms with Crippen LogP contribution in [-0.4, -0.2) is 49.1 Å². The number of hydrogen-bond donors (Lipinski definition) is 0. The van der Waals surface area contributed by atoms with E-state index in [-0.39, 0.29) is 43.3 Å². The molecule has 2 nitrogen and oxygen atoms in total. The molecule has 1 saturated heterocycles. The quantitative estimate of drug-likeness (QED) is 0.474. The van der Waals surface area contributed by atoms with Gasteiger partial charge in [-0.2, -0.15) is 0 Å². The Hall–Kier alpha value is 1.18. The van der Waals surface area contributed by atoms with Crippen molar-refractivity contribution < 1.29 is 37.7 Å². The smallest absolute Gasteiger partial charge is 0.0105 e.